The van der Waals surface area contributed by atoms with Crippen LogP contribution in [0.3, 0.4) is 0 Å². The molecule has 0 heterocycles. The lowest BCUT2D eigenvalue weighted by atomic mass is 10.4. The van der Waals surface area contributed by atoms with Crippen LogP contribution in [-0.2, 0) is 0 Å². The van der Waals surface area contributed by atoms with Crippen LogP contribution in [-0.4, -0.2) is 10.7 Å². The van der Waals surface area contributed by atoms with Gasteiger partial charge in [-0.2, -0.15) is 0 Å². The second-order valence-corrected chi connectivity index (χ2v) is 8.88. The van der Waals surface area contributed by atoms with Crippen LogP contribution in [0.25, 0.3) is 0 Å². The maximum Gasteiger partial charge on any atom is 0.00392 e. The average molecular weight is 464 g/mol. The van der Waals surface area contributed by atoms with Gasteiger partial charge in [0.05, 0.1) is 0 Å². The SMILES string of the molecule is BrCCCBr.c1ccc(P(c2ccccc2)c2ccccc2)cc1. The third kappa shape index (κ3) is 6.16. The van der Waals surface area contributed by atoms with Crippen LogP contribution < -0.4 is 15.9 Å². The van der Waals surface area contributed by atoms with Gasteiger partial charge in [-0.05, 0) is 30.3 Å². The van der Waals surface area contributed by atoms with Gasteiger partial charge in [0.1, 0.15) is 0 Å². The molecule has 0 amide bonds. The van der Waals surface area contributed by atoms with Gasteiger partial charge in [-0.25, -0.2) is 0 Å². The number of alkyl halides is 2. The first-order valence-corrected chi connectivity index (χ1v) is 11.5. The molecule has 0 fully saturated rings. The van der Waals surface area contributed by atoms with Crippen molar-refractivity contribution in [3.8, 4) is 0 Å². The van der Waals surface area contributed by atoms with E-state index in [1.165, 1.54) is 22.3 Å². The zero-order valence-electron chi connectivity index (χ0n) is 13.5. The maximum atomic E-state index is 3.28. The molecule has 0 N–H and O–H groups in total. The third-order valence-electron chi connectivity index (χ3n) is 3.31. The van der Waals surface area contributed by atoms with Crippen molar-refractivity contribution in [1.82, 2.24) is 0 Å². The number of halogens is 2. The largest absolute Gasteiger partial charge is 0.0928 e. The van der Waals surface area contributed by atoms with Crippen molar-refractivity contribution < 1.29 is 0 Å². The molecule has 0 bridgehead atoms. The highest BCUT2D eigenvalue weighted by Crippen LogP contribution is 2.32. The van der Waals surface area contributed by atoms with Crippen LogP contribution >= 0.6 is 39.8 Å². The van der Waals surface area contributed by atoms with Crippen LogP contribution in [0.1, 0.15) is 6.42 Å². The van der Waals surface area contributed by atoms with Crippen LogP contribution in [0.5, 0.6) is 0 Å². The number of hydrogen-bond donors (Lipinski definition) is 0. The van der Waals surface area contributed by atoms with E-state index in [4.69, 9.17) is 0 Å². The molecule has 3 aromatic carbocycles. The standard InChI is InChI=1S/C18H15P.C3H6Br2/c1-4-10-16(11-5-1)19(17-12-6-2-7-13-17)18-14-8-3-9-15-18;4-2-1-3-5/h1-15H;1-3H2. The van der Waals surface area contributed by atoms with Gasteiger partial charge < -0.3 is 0 Å². The Balaban J connectivity index is 0.000000368. The minimum Gasteiger partial charge on any atom is -0.0928 e. The summed E-state index contributed by atoms with van der Waals surface area (Å²) in [5, 5.41) is 6.41. The molecule has 0 spiro atoms. The van der Waals surface area contributed by atoms with E-state index in [-0.39, 0.29) is 0 Å². The Hall–Kier alpha value is -0.950. The van der Waals surface area contributed by atoms with Gasteiger partial charge in [0.25, 0.3) is 0 Å². The molecule has 0 atom stereocenters. The molecule has 0 saturated carbocycles. The van der Waals surface area contributed by atoms with Gasteiger partial charge in [0.2, 0.25) is 0 Å². The summed E-state index contributed by atoms with van der Waals surface area (Å²) in [7, 11) is -0.446. The fraction of sp³-hybridized carbons (Fsp3) is 0.143. The summed E-state index contributed by atoms with van der Waals surface area (Å²) in [6.45, 7) is 0. The van der Waals surface area contributed by atoms with Crippen molar-refractivity contribution in [2.24, 2.45) is 0 Å². The van der Waals surface area contributed by atoms with E-state index in [1.807, 2.05) is 0 Å². The Labute approximate surface area is 163 Å². The fourth-order valence-electron chi connectivity index (χ4n) is 2.23. The van der Waals surface area contributed by atoms with Crippen molar-refractivity contribution in [3.05, 3.63) is 91.0 Å². The molecule has 0 radical (unpaired) electrons. The Bertz CT molecular complexity index is 576. The van der Waals surface area contributed by atoms with Crippen molar-refractivity contribution in [1.29, 1.82) is 0 Å². The lowest BCUT2D eigenvalue weighted by molar-refractivity contribution is 1.15. The zero-order valence-corrected chi connectivity index (χ0v) is 17.6. The number of rotatable bonds is 5. The Morgan fingerprint density at radius 1 is 0.500 bits per heavy atom. The molecule has 0 saturated heterocycles. The summed E-state index contributed by atoms with van der Waals surface area (Å²) in [6.07, 6.45) is 1.22. The van der Waals surface area contributed by atoms with Crippen LogP contribution in [0.4, 0.5) is 0 Å². The number of benzene rings is 3. The first-order chi connectivity index (χ1) is 11.9. The van der Waals surface area contributed by atoms with Crippen LogP contribution in [0.2, 0.25) is 0 Å². The normalized spacial score (nSPS) is 10.1. The van der Waals surface area contributed by atoms with Crippen molar-refractivity contribution >= 4 is 55.7 Å². The molecular weight excluding hydrogens is 443 g/mol. The molecule has 3 heteroatoms. The molecule has 0 nitrogen and oxygen atoms in total. The van der Waals surface area contributed by atoms with Crippen molar-refractivity contribution in [2.75, 3.05) is 10.7 Å². The molecule has 0 aliphatic carbocycles. The molecule has 124 valence electrons. The van der Waals surface area contributed by atoms with Gasteiger partial charge in [-0.3, -0.25) is 0 Å². The third-order valence-corrected chi connectivity index (χ3v) is 6.88. The quantitative estimate of drug-likeness (QED) is 0.340. The molecular formula is C21H21Br2P. The van der Waals surface area contributed by atoms with E-state index in [0.717, 1.165) is 10.7 Å². The lowest BCUT2D eigenvalue weighted by Gasteiger charge is -2.18. The summed E-state index contributed by atoms with van der Waals surface area (Å²) < 4.78 is 0. The fourth-order valence-corrected chi connectivity index (χ4v) is 5.85. The molecule has 3 rings (SSSR count). The predicted octanol–water partition coefficient (Wildman–Crippen LogP) is 5.61. The summed E-state index contributed by atoms with van der Waals surface area (Å²) in [6, 6.07) is 32.3. The molecule has 0 aliphatic rings. The van der Waals surface area contributed by atoms with E-state index in [2.05, 4.69) is 123 Å². The Kier molecular flexibility index (Phi) is 9.35. The van der Waals surface area contributed by atoms with Gasteiger partial charge in [-0.1, -0.05) is 123 Å². The highest BCUT2D eigenvalue weighted by Gasteiger charge is 2.14. The van der Waals surface area contributed by atoms with E-state index < -0.39 is 7.92 Å². The molecule has 3 aromatic rings. The average Bonchev–Trinajstić information content (AvgIpc) is 2.66. The Morgan fingerprint density at radius 3 is 1.00 bits per heavy atom. The molecule has 24 heavy (non-hydrogen) atoms. The monoisotopic (exact) mass is 462 g/mol. The van der Waals surface area contributed by atoms with Crippen LogP contribution in [0, 0.1) is 0 Å². The van der Waals surface area contributed by atoms with Crippen LogP contribution in [0.15, 0.2) is 91.0 Å². The van der Waals surface area contributed by atoms with E-state index >= 15 is 0 Å². The smallest absolute Gasteiger partial charge is 0.00392 e. The second kappa shape index (κ2) is 11.6. The molecule has 0 aliphatic heterocycles. The predicted molar refractivity (Wildman–Crippen MR) is 117 cm³/mol. The van der Waals surface area contributed by atoms with Crippen molar-refractivity contribution in [2.45, 2.75) is 6.42 Å². The van der Waals surface area contributed by atoms with E-state index in [0.29, 0.717) is 0 Å². The van der Waals surface area contributed by atoms with Gasteiger partial charge in [0.15, 0.2) is 0 Å². The number of hydrogen-bond acceptors (Lipinski definition) is 0. The van der Waals surface area contributed by atoms with Gasteiger partial charge in [-0.15, -0.1) is 0 Å². The van der Waals surface area contributed by atoms with Crippen molar-refractivity contribution in [3.63, 3.8) is 0 Å². The second-order valence-electron chi connectivity index (χ2n) is 5.07. The maximum absolute atomic E-state index is 3.28. The first kappa shape index (κ1) is 19.4. The Morgan fingerprint density at radius 2 is 0.792 bits per heavy atom. The van der Waals surface area contributed by atoms with Gasteiger partial charge >= 0.3 is 0 Å². The highest BCUT2D eigenvalue weighted by molar-refractivity contribution is 9.09. The highest BCUT2D eigenvalue weighted by atomic mass is 79.9. The van der Waals surface area contributed by atoms with Gasteiger partial charge in [0, 0.05) is 10.7 Å². The molecule has 0 unspecified atom stereocenters. The lowest BCUT2D eigenvalue weighted by Crippen LogP contribution is -2.20. The zero-order chi connectivity index (χ0) is 17.0. The topological polar surface area (TPSA) is 0 Å². The minimum absolute atomic E-state index is 0.446. The summed E-state index contributed by atoms with van der Waals surface area (Å²) in [5.74, 6) is 0. The molecule has 0 aromatic heterocycles. The summed E-state index contributed by atoms with van der Waals surface area (Å²) >= 11 is 6.56. The van der Waals surface area contributed by atoms with E-state index in [1.54, 1.807) is 0 Å². The summed E-state index contributed by atoms with van der Waals surface area (Å²) in [4.78, 5) is 0. The summed E-state index contributed by atoms with van der Waals surface area (Å²) in [5.41, 5.74) is 0. The van der Waals surface area contributed by atoms with E-state index in [9.17, 15) is 0 Å². The first-order valence-electron chi connectivity index (χ1n) is 7.94. The minimum atomic E-state index is -0.446.